The van der Waals surface area contributed by atoms with Gasteiger partial charge in [0.15, 0.2) is 0 Å². The Kier molecular flexibility index (Phi) is 5.28. The molecule has 0 spiro atoms. The summed E-state index contributed by atoms with van der Waals surface area (Å²) >= 11 is 1.32. The molecule has 0 aliphatic heterocycles. The van der Waals surface area contributed by atoms with Crippen LogP contribution in [0.3, 0.4) is 0 Å². The van der Waals surface area contributed by atoms with Crippen LogP contribution in [0.5, 0.6) is 0 Å². The van der Waals surface area contributed by atoms with Gasteiger partial charge in [0.25, 0.3) is 0 Å². The summed E-state index contributed by atoms with van der Waals surface area (Å²) in [6.45, 7) is -1.14. The average molecular weight is 386 g/mol. The van der Waals surface area contributed by atoms with E-state index in [1.54, 1.807) is 0 Å². The van der Waals surface area contributed by atoms with Crippen molar-refractivity contribution in [1.29, 1.82) is 0 Å². The van der Waals surface area contributed by atoms with E-state index in [1.807, 2.05) is 30.3 Å². The van der Waals surface area contributed by atoms with Gasteiger partial charge in [0, 0.05) is 28.8 Å². The van der Waals surface area contributed by atoms with E-state index in [0.717, 1.165) is 10.1 Å². The lowest BCUT2D eigenvalue weighted by Crippen LogP contribution is -2.19. The number of hydrogen-bond donors (Lipinski definition) is 0. The van der Waals surface area contributed by atoms with Crippen molar-refractivity contribution in [1.82, 2.24) is 19.7 Å². The number of rotatable bonds is 6. The predicted molar refractivity (Wildman–Crippen MR) is 89.2 cm³/mol. The highest BCUT2D eigenvalue weighted by atomic mass is 32.2. The molecule has 0 aliphatic carbocycles. The number of nitrogens with zero attached hydrogens (tertiary/aromatic N) is 4. The van der Waals surface area contributed by atoms with Gasteiger partial charge in [-0.2, -0.15) is 13.2 Å². The van der Waals surface area contributed by atoms with Crippen LogP contribution in [0.4, 0.5) is 13.2 Å². The van der Waals surface area contributed by atoms with Crippen molar-refractivity contribution in [2.45, 2.75) is 24.2 Å². The third-order valence-electron chi connectivity index (χ3n) is 3.21. The normalized spacial score (nSPS) is 13.1. The Morgan fingerprint density at radius 1 is 1.12 bits per heavy atom. The Bertz CT molecular complexity index is 861. The maximum atomic E-state index is 12.5. The Morgan fingerprint density at radius 3 is 2.60 bits per heavy atom. The van der Waals surface area contributed by atoms with Crippen LogP contribution < -0.4 is 0 Å². The molecule has 0 bridgehead atoms. The van der Waals surface area contributed by atoms with Gasteiger partial charge in [0.1, 0.15) is 22.4 Å². The SMILES string of the molecule is O=S(Cc1nnc(-c2ccccc2)s1)Cc1nccn1CC(F)(F)F. The van der Waals surface area contributed by atoms with Crippen molar-refractivity contribution >= 4 is 22.1 Å². The third kappa shape index (κ3) is 4.95. The van der Waals surface area contributed by atoms with Gasteiger partial charge in [-0.3, -0.25) is 4.21 Å². The van der Waals surface area contributed by atoms with Gasteiger partial charge in [0.2, 0.25) is 0 Å². The van der Waals surface area contributed by atoms with Crippen molar-refractivity contribution in [3.05, 3.63) is 53.6 Å². The molecule has 1 aromatic carbocycles. The third-order valence-corrected chi connectivity index (χ3v) is 5.54. The van der Waals surface area contributed by atoms with Crippen LogP contribution in [0.25, 0.3) is 10.6 Å². The largest absolute Gasteiger partial charge is 0.406 e. The number of halogens is 3. The molecule has 0 saturated heterocycles. The van der Waals surface area contributed by atoms with E-state index in [1.165, 1.54) is 23.7 Å². The topological polar surface area (TPSA) is 60.7 Å². The minimum Gasteiger partial charge on any atom is -0.325 e. The molecule has 3 rings (SSSR count). The van der Waals surface area contributed by atoms with Gasteiger partial charge in [-0.05, 0) is 0 Å². The van der Waals surface area contributed by atoms with E-state index in [4.69, 9.17) is 0 Å². The standard InChI is InChI=1S/C15H13F3N4OS2/c16-15(17,18)10-22-7-6-19-12(22)8-25(23)9-13-20-21-14(24-13)11-4-2-1-3-5-11/h1-7H,8-10H2. The van der Waals surface area contributed by atoms with Crippen LogP contribution in [0.2, 0.25) is 0 Å². The van der Waals surface area contributed by atoms with E-state index >= 15 is 0 Å². The number of aromatic nitrogens is 4. The van der Waals surface area contributed by atoms with E-state index in [2.05, 4.69) is 15.2 Å². The Balaban J connectivity index is 1.64. The lowest BCUT2D eigenvalue weighted by Gasteiger charge is -2.10. The first-order valence-electron chi connectivity index (χ1n) is 7.20. The van der Waals surface area contributed by atoms with Crippen molar-refractivity contribution in [3.8, 4) is 10.6 Å². The quantitative estimate of drug-likeness (QED) is 0.651. The summed E-state index contributed by atoms with van der Waals surface area (Å²) < 4.78 is 50.7. The van der Waals surface area contributed by atoms with Crippen LogP contribution in [0, 0.1) is 0 Å². The second-order valence-electron chi connectivity index (χ2n) is 5.18. The van der Waals surface area contributed by atoms with Crippen LogP contribution in [-0.4, -0.2) is 30.1 Å². The van der Waals surface area contributed by atoms with Gasteiger partial charge in [0.05, 0.1) is 11.5 Å². The highest BCUT2D eigenvalue weighted by molar-refractivity contribution is 7.83. The van der Waals surface area contributed by atoms with Crippen molar-refractivity contribution in [2.75, 3.05) is 0 Å². The van der Waals surface area contributed by atoms with Crippen LogP contribution >= 0.6 is 11.3 Å². The smallest absolute Gasteiger partial charge is 0.325 e. The van der Waals surface area contributed by atoms with Gasteiger partial charge >= 0.3 is 6.18 Å². The lowest BCUT2D eigenvalue weighted by atomic mass is 10.2. The van der Waals surface area contributed by atoms with E-state index in [0.29, 0.717) is 10.0 Å². The molecule has 25 heavy (non-hydrogen) atoms. The second kappa shape index (κ2) is 7.44. The van der Waals surface area contributed by atoms with Crippen molar-refractivity contribution in [2.24, 2.45) is 0 Å². The maximum Gasteiger partial charge on any atom is 0.406 e. The molecule has 0 radical (unpaired) electrons. The zero-order valence-corrected chi connectivity index (χ0v) is 14.4. The fourth-order valence-corrected chi connectivity index (χ4v) is 4.39. The summed E-state index contributed by atoms with van der Waals surface area (Å²) in [5, 5.41) is 9.37. The highest BCUT2D eigenvalue weighted by Gasteiger charge is 2.29. The monoisotopic (exact) mass is 386 g/mol. The number of benzene rings is 1. The Labute approximate surface area is 148 Å². The van der Waals surface area contributed by atoms with Gasteiger partial charge < -0.3 is 4.57 Å². The van der Waals surface area contributed by atoms with Crippen LogP contribution in [0.1, 0.15) is 10.8 Å². The first-order valence-corrected chi connectivity index (χ1v) is 9.51. The highest BCUT2D eigenvalue weighted by Crippen LogP contribution is 2.24. The van der Waals surface area contributed by atoms with Crippen LogP contribution in [0.15, 0.2) is 42.7 Å². The lowest BCUT2D eigenvalue weighted by molar-refractivity contribution is -0.141. The molecule has 0 saturated carbocycles. The molecule has 3 aromatic rings. The second-order valence-corrected chi connectivity index (χ2v) is 7.70. The zero-order valence-electron chi connectivity index (χ0n) is 12.8. The molecular formula is C15H13F3N4OS2. The zero-order chi connectivity index (χ0) is 17.9. The molecule has 0 amide bonds. The predicted octanol–water partition coefficient (Wildman–Crippen LogP) is 3.41. The molecule has 132 valence electrons. The van der Waals surface area contributed by atoms with E-state index in [9.17, 15) is 17.4 Å². The molecule has 2 heterocycles. The molecule has 0 N–H and O–H groups in total. The Hall–Kier alpha value is -2.07. The maximum absolute atomic E-state index is 12.5. The summed E-state index contributed by atoms with van der Waals surface area (Å²) in [5.41, 5.74) is 0.915. The van der Waals surface area contributed by atoms with Crippen LogP contribution in [-0.2, 0) is 28.9 Å². The number of imidazole rings is 1. The average Bonchev–Trinajstić information content (AvgIpc) is 3.17. The summed E-state index contributed by atoms with van der Waals surface area (Å²) in [6, 6.07) is 9.46. The van der Waals surface area contributed by atoms with E-state index < -0.39 is 23.5 Å². The van der Waals surface area contributed by atoms with E-state index in [-0.39, 0.29) is 17.3 Å². The minimum atomic E-state index is -4.35. The fraction of sp³-hybridized carbons (Fsp3) is 0.267. The summed E-state index contributed by atoms with van der Waals surface area (Å²) in [7, 11) is -1.42. The molecule has 10 heteroatoms. The van der Waals surface area contributed by atoms with Crippen molar-refractivity contribution < 1.29 is 17.4 Å². The number of alkyl halides is 3. The first kappa shape index (κ1) is 17.7. The van der Waals surface area contributed by atoms with Gasteiger partial charge in [-0.1, -0.05) is 41.7 Å². The summed E-state index contributed by atoms with van der Waals surface area (Å²) in [6.07, 6.45) is -1.84. The van der Waals surface area contributed by atoms with Crippen molar-refractivity contribution in [3.63, 3.8) is 0 Å². The van der Waals surface area contributed by atoms with Gasteiger partial charge in [-0.15, -0.1) is 10.2 Å². The molecule has 1 atom stereocenters. The fourth-order valence-electron chi connectivity index (χ4n) is 2.16. The Morgan fingerprint density at radius 2 is 1.88 bits per heavy atom. The molecule has 0 aliphatic rings. The molecule has 5 nitrogen and oxygen atoms in total. The molecular weight excluding hydrogens is 373 g/mol. The minimum absolute atomic E-state index is 0.0661. The summed E-state index contributed by atoms with van der Waals surface area (Å²) in [4.78, 5) is 3.87. The summed E-state index contributed by atoms with van der Waals surface area (Å²) in [5.74, 6) is 0.204. The van der Waals surface area contributed by atoms with Gasteiger partial charge in [-0.25, -0.2) is 4.98 Å². The molecule has 2 aromatic heterocycles. The molecule has 0 fully saturated rings. The number of hydrogen-bond acceptors (Lipinski definition) is 5. The molecule has 1 unspecified atom stereocenters. The first-order chi connectivity index (χ1) is 11.9.